The first-order valence-electron chi connectivity index (χ1n) is 11.5. The van der Waals surface area contributed by atoms with E-state index in [0.717, 1.165) is 39.6 Å². The molecule has 0 spiro atoms. The van der Waals surface area contributed by atoms with Gasteiger partial charge < -0.3 is 4.74 Å². The second-order valence-corrected chi connectivity index (χ2v) is 10.6. The van der Waals surface area contributed by atoms with Crippen LogP contribution in [0.2, 0.25) is 0 Å². The van der Waals surface area contributed by atoms with Gasteiger partial charge in [-0.15, -0.1) is 16.4 Å². The van der Waals surface area contributed by atoms with Gasteiger partial charge in [-0.25, -0.2) is 4.68 Å². The Labute approximate surface area is 213 Å². The third-order valence-electron chi connectivity index (χ3n) is 6.14. The van der Waals surface area contributed by atoms with Crippen molar-refractivity contribution in [1.29, 1.82) is 0 Å². The minimum absolute atomic E-state index is 0.167. The van der Waals surface area contributed by atoms with Gasteiger partial charge in [-0.2, -0.15) is 14.6 Å². The summed E-state index contributed by atoms with van der Waals surface area (Å²) in [6.07, 6.45) is 4.89. The number of para-hydroxylation sites is 1. The Bertz CT molecular complexity index is 1830. The first kappa shape index (κ1) is 21.2. The van der Waals surface area contributed by atoms with Gasteiger partial charge in [-0.1, -0.05) is 35.6 Å². The molecule has 1 atom stereocenters. The molecule has 0 aliphatic carbocycles. The summed E-state index contributed by atoms with van der Waals surface area (Å²) in [7, 11) is 0. The van der Waals surface area contributed by atoms with Gasteiger partial charge in [-0.05, 0) is 60.3 Å². The zero-order valence-electron chi connectivity index (χ0n) is 19.2. The molecule has 6 aromatic rings. The van der Waals surface area contributed by atoms with Crippen molar-refractivity contribution in [3.05, 3.63) is 98.3 Å². The summed E-state index contributed by atoms with van der Waals surface area (Å²) in [4.78, 5) is 19.3. The van der Waals surface area contributed by atoms with E-state index in [2.05, 4.69) is 23.1 Å². The highest BCUT2D eigenvalue weighted by atomic mass is 32.1. The molecule has 0 saturated carbocycles. The van der Waals surface area contributed by atoms with Gasteiger partial charge in [0.2, 0.25) is 4.96 Å². The third kappa shape index (κ3) is 3.55. The Kier molecular flexibility index (Phi) is 4.86. The van der Waals surface area contributed by atoms with Crippen molar-refractivity contribution < 1.29 is 4.74 Å². The van der Waals surface area contributed by atoms with Gasteiger partial charge in [0.1, 0.15) is 17.5 Å². The Balaban J connectivity index is 1.38. The molecule has 7 nitrogen and oxygen atoms in total. The molecule has 0 radical (unpaired) electrons. The molecule has 0 bridgehead atoms. The average molecular weight is 510 g/mol. The van der Waals surface area contributed by atoms with Crippen molar-refractivity contribution in [3.63, 3.8) is 0 Å². The SMILES string of the molecule is CC1Cc2cc(-c3nn(-c4ccccc4)cc3C=c3sc4nc(-c5cccs5)nn4c3=O)ccc2O1. The number of benzene rings is 2. The lowest BCUT2D eigenvalue weighted by Crippen LogP contribution is -2.23. The maximum Gasteiger partial charge on any atom is 0.291 e. The summed E-state index contributed by atoms with van der Waals surface area (Å²) in [5.41, 5.74) is 4.58. The van der Waals surface area contributed by atoms with Crippen LogP contribution in [0, 0.1) is 0 Å². The molecular formula is C27H19N5O2S2. The molecule has 2 aromatic carbocycles. The van der Waals surface area contributed by atoms with Crippen LogP contribution < -0.4 is 14.8 Å². The highest BCUT2D eigenvalue weighted by Crippen LogP contribution is 2.34. The lowest BCUT2D eigenvalue weighted by Gasteiger charge is -2.04. The molecule has 36 heavy (non-hydrogen) atoms. The molecule has 176 valence electrons. The van der Waals surface area contributed by atoms with E-state index in [1.165, 1.54) is 21.4 Å². The third-order valence-corrected chi connectivity index (χ3v) is 7.97. The Morgan fingerprint density at radius 2 is 1.97 bits per heavy atom. The molecule has 9 heteroatoms. The number of hydrogen-bond acceptors (Lipinski definition) is 7. The molecule has 1 aliphatic rings. The van der Waals surface area contributed by atoms with Gasteiger partial charge in [0.05, 0.1) is 15.1 Å². The molecule has 0 saturated heterocycles. The molecule has 1 aliphatic heterocycles. The van der Waals surface area contributed by atoms with Gasteiger partial charge >= 0.3 is 0 Å². The number of aromatic nitrogens is 5. The predicted octanol–water partition coefficient (Wildman–Crippen LogP) is 4.60. The van der Waals surface area contributed by atoms with Crippen molar-refractivity contribution in [2.45, 2.75) is 19.4 Å². The number of fused-ring (bicyclic) bond motifs is 2. The average Bonchev–Trinajstić information content (AvgIpc) is 3.70. The second-order valence-electron chi connectivity index (χ2n) is 8.69. The van der Waals surface area contributed by atoms with Crippen LogP contribution in [0.3, 0.4) is 0 Å². The van der Waals surface area contributed by atoms with Gasteiger partial charge in [0.15, 0.2) is 5.82 Å². The number of thiophene rings is 1. The molecule has 0 fully saturated rings. The van der Waals surface area contributed by atoms with E-state index in [1.807, 2.05) is 76.9 Å². The van der Waals surface area contributed by atoms with Crippen LogP contribution in [0.15, 0.2) is 77.0 Å². The first-order chi connectivity index (χ1) is 17.6. The quantitative estimate of drug-likeness (QED) is 0.347. The minimum Gasteiger partial charge on any atom is -0.490 e. The summed E-state index contributed by atoms with van der Waals surface area (Å²) in [5.74, 6) is 1.50. The molecule has 0 amide bonds. The summed E-state index contributed by atoms with van der Waals surface area (Å²) in [6, 6.07) is 20.0. The Morgan fingerprint density at radius 1 is 1.08 bits per heavy atom. The first-order valence-corrected chi connectivity index (χ1v) is 13.2. The number of nitrogens with zero attached hydrogens (tertiary/aromatic N) is 5. The lowest BCUT2D eigenvalue weighted by molar-refractivity contribution is 0.254. The summed E-state index contributed by atoms with van der Waals surface area (Å²) in [5, 5.41) is 11.3. The van der Waals surface area contributed by atoms with Gasteiger partial charge in [-0.3, -0.25) is 4.79 Å². The Morgan fingerprint density at radius 3 is 2.78 bits per heavy atom. The van der Waals surface area contributed by atoms with Crippen LogP contribution in [-0.4, -0.2) is 30.5 Å². The zero-order chi connectivity index (χ0) is 24.2. The van der Waals surface area contributed by atoms with Gasteiger partial charge in [0.25, 0.3) is 5.56 Å². The summed E-state index contributed by atoms with van der Waals surface area (Å²) < 4.78 is 9.69. The predicted molar refractivity (Wildman–Crippen MR) is 142 cm³/mol. The van der Waals surface area contributed by atoms with Gasteiger partial charge in [0, 0.05) is 23.7 Å². The van der Waals surface area contributed by atoms with Crippen molar-refractivity contribution in [2.24, 2.45) is 0 Å². The van der Waals surface area contributed by atoms with E-state index < -0.39 is 0 Å². The number of rotatable bonds is 4. The highest BCUT2D eigenvalue weighted by Gasteiger charge is 2.21. The monoisotopic (exact) mass is 509 g/mol. The van der Waals surface area contributed by atoms with Crippen molar-refractivity contribution >= 4 is 33.7 Å². The normalized spacial score (nSPS) is 15.5. The van der Waals surface area contributed by atoms with E-state index in [0.29, 0.717) is 15.3 Å². The van der Waals surface area contributed by atoms with Crippen molar-refractivity contribution in [3.8, 4) is 33.4 Å². The van der Waals surface area contributed by atoms with Crippen LogP contribution in [0.5, 0.6) is 5.75 Å². The van der Waals surface area contributed by atoms with Crippen LogP contribution >= 0.6 is 22.7 Å². The van der Waals surface area contributed by atoms with E-state index in [9.17, 15) is 4.79 Å². The fourth-order valence-electron chi connectivity index (χ4n) is 4.48. The number of ether oxygens (including phenoxy) is 1. The number of hydrogen-bond donors (Lipinski definition) is 0. The van der Waals surface area contributed by atoms with Crippen LogP contribution in [-0.2, 0) is 6.42 Å². The molecular weight excluding hydrogens is 490 g/mol. The summed E-state index contributed by atoms with van der Waals surface area (Å²) in [6.45, 7) is 2.07. The zero-order valence-corrected chi connectivity index (χ0v) is 20.8. The van der Waals surface area contributed by atoms with Crippen LogP contribution in [0.4, 0.5) is 0 Å². The Hall–Kier alpha value is -4.08. The lowest BCUT2D eigenvalue weighted by atomic mass is 10.0. The fraction of sp³-hybridized carbons (Fsp3) is 0.111. The molecule has 1 unspecified atom stereocenters. The van der Waals surface area contributed by atoms with E-state index in [-0.39, 0.29) is 11.7 Å². The van der Waals surface area contributed by atoms with Crippen LogP contribution in [0.25, 0.3) is 38.7 Å². The molecule has 5 heterocycles. The number of thiazole rings is 1. The largest absolute Gasteiger partial charge is 0.490 e. The highest BCUT2D eigenvalue weighted by molar-refractivity contribution is 7.15. The molecule has 0 N–H and O–H groups in total. The topological polar surface area (TPSA) is 74.3 Å². The second kappa shape index (κ2) is 8.25. The van der Waals surface area contributed by atoms with E-state index >= 15 is 0 Å². The fourth-order valence-corrected chi connectivity index (χ4v) is 6.04. The molecule has 7 rings (SSSR count). The van der Waals surface area contributed by atoms with Crippen LogP contribution in [0.1, 0.15) is 18.1 Å². The van der Waals surface area contributed by atoms with E-state index in [1.54, 1.807) is 11.3 Å². The smallest absolute Gasteiger partial charge is 0.291 e. The van der Waals surface area contributed by atoms with Crippen molar-refractivity contribution in [2.75, 3.05) is 0 Å². The maximum absolute atomic E-state index is 13.2. The molecule has 4 aromatic heterocycles. The maximum atomic E-state index is 13.2. The summed E-state index contributed by atoms with van der Waals surface area (Å²) >= 11 is 2.89. The van der Waals surface area contributed by atoms with Crippen molar-refractivity contribution in [1.82, 2.24) is 24.4 Å². The van der Waals surface area contributed by atoms with E-state index in [4.69, 9.17) is 9.84 Å². The standard InChI is InChI=1S/C27H19N5O2S2/c1-16-12-18-13-17(9-10-21(18)34-16)24-19(15-31(29-24)20-6-3-2-4-7-20)14-23-26(33)32-27(36-23)28-25(30-32)22-8-5-11-35-22/h2-11,13-16H,12H2,1H3. The minimum atomic E-state index is -0.181.